The number of aryl methyl sites for hydroxylation is 2. The van der Waals surface area contributed by atoms with Gasteiger partial charge in [0, 0.05) is 27.8 Å². The number of halogens is 1. The molecule has 2 nitrogen and oxygen atoms in total. The highest BCUT2D eigenvalue weighted by molar-refractivity contribution is 9.10. The third-order valence-electron chi connectivity index (χ3n) is 4.12. The van der Waals surface area contributed by atoms with Crippen LogP contribution in [0.1, 0.15) is 43.0 Å². The molecular weight excluding hydrogens is 312 g/mol. The molecule has 1 heterocycles. The van der Waals surface area contributed by atoms with Crippen LogP contribution in [0.25, 0.3) is 10.9 Å². The Balaban J connectivity index is 2.30. The third kappa shape index (κ3) is 2.32. The van der Waals surface area contributed by atoms with Crippen molar-refractivity contribution < 1.29 is 0 Å². The fourth-order valence-electron chi connectivity index (χ4n) is 3.07. The highest BCUT2D eigenvalue weighted by atomic mass is 79.9. The molecule has 106 valence electrons. The van der Waals surface area contributed by atoms with Crippen LogP contribution in [-0.4, -0.2) is 11.5 Å². The van der Waals surface area contributed by atoms with Crippen LogP contribution >= 0.6 is 15.9 Å². The molecule has 1 aliphatic carbocycles. The van der Waals surface area contributed by atoms with Crippen LogP contribution < -0.4 is 5.32 Å². The van der Waals surface area contributed by atoms with Gasteiger partial charge in [-0.15, -0.1) is 0 Å². The largest absolute Gasteiger partial charge is 0.384 e. The van der Waals surface area contributed by atoms with Gasteiger partial charge in [-0.3, -0.25) is 4.98 Å². The van der Waals surface area contributed by atoms with E-state index in [0.717, 1.165) is 35.8 Å². The number of nitrogens with zero attached hydrogens (tertiary/aromatic N) is 1. The third-order valence-corrected chi connectivity index (χ3v) is 4.78. The van der Waals surface area contributed by atoms with E-state index in [4.69, 9.17) is 4.98 Å². The zero-order valence-electron chi connectivity index (χ0n) is 12.2. The number of hydrogen-bond acceptors (Lipinski definition) is 2. The summed E-state index contributed by atoms with van der Waals surface area (Å²) in [4.78, 5) is 4.97. The minimum Gasteiger partial charge on any atom is -0.384 e. The highest BCUT2D eigenvalue weighted by Crippen LogP contribution is 2.38. The smallest absolute Gasteiger partial charge is 0.0766 e. The number of rotatable bonds is 3. The molecule has 0 unspecified atom stereocenters. The molecule has 1 N–H and O–H groups in total. The Morgan fingerprint density at radius 1 is 1.25 bits per heavy atom. The summed E-state index contributed by atoms with van der Waals surface area (Å²) in [6.45, 7) is 5.38. The maximum absolute atomic E-state index is 4.97. The molecule has 1 aromatic heterocycles. The van der Waals surface area contributed by atoms with Gasteiger partial charge in [-0.1, -0.05) is 28.9 Å². The second kappa shape index (κ2) is 5.72. The van der Waals surface area contributed by atoms with E-state index in [-0.39, 0.29) is 0 Å². The van der Waals surface area contributed by atoms with Crippen LogP contribution in [0.15, 0.2) is 16.6 Å². The van der Waals surface area contributed by atoms with E-state index >= 15 is 0 Å². The minimum atomic E-state index is 1.02. The zero-order chi connectivity index (χ0) is 14.1. The van der Waals surface area contributed by atoms with Crippen LogP contribution in [-0.2, 0) is 12.8 Å². The molecule has 1 aliphatic rings. The van der Waals surface area contributed by atoms with Gasteiger partial charge >= 0.3 is 0 Å². The number of fused-ring (bicyclic) bond motifs is 2. The van der Waals surface area contributed by atoms with E-state index < -0.39 is 0 Å². The fourth-order valence-corrected chi connectivity index (χ4v) is 3.58. The first-order valence-electron chi connectivity index (χ1n) is 7.56. The molecule has 3 heteroatoms. The number of aromatic nitrogens is 1. The Bertz CT molecular complexity index is 649. The standard InChI is InChI=1S/C17H21BrN2/c1-3-10-19-17-12-6-4-5-7-14(12)20-16-11(2)8-9-13(18)15(16)17/h8-9H,3-7,10H2,1-2H3,(H,19,20). The quantitative estimate of drug-likeness (QED) is 0.854. The van der Waals surface area contributed by atoms with E-state index in [0.29, 0.717) is 0 Å². The molecule has 0 saturated carbocycles. The number of pyridine rings is 1. The predicted molar refractivity (Wildman–Crippen MR) is 89.6 cm³/mol. The first-order chi connectivity index (χ1) is 9.72. The van der Waals surface area contributed by atoms with Crippen molar-refractivity contribution in [2.45, 2.75) is 46.0 Å². The van der Waals surface area contributed by atoms with Gasteiger partial charge < -0.3 is 5.32 Å². The van der Waals surface area contributed by atoms with Gasteiger partial charge in [0.05, 0.1) is 5.52 Å². The summed E-state index contributed by atoms with van der Waals surface area (Å²) in [7, 11) is 0. The van der Waals surface area contributed by atoms with Crippen LogP contribution in [0.2, 0.25) is 0 Å². The van der Waals surface area contributed by atoms with Crippen molar-refractivity contribution in [3.8, 4) is 0 Å². The molecule has 0 saturated heterocycles. The van der Waals surface area contributed by atoms with Gasteiger partial charge in [-0.05, 0) is 56.2 Å². The predicted octanol–water partition coefficient (Wildman–Crippen LogP) is 5.01. The second-order valence-corrected chi connectivity index (χ2v) is 6.49. The lowest BCUT2D eigenvalue weighted by Crippen LogP contribution is -2.12. The fraction of sp³-hybridized carbons (Fsp3) is 0.471. The number of benzene rings is 1. The summed E-state index contributed by atoms with van der Waals surface area (Å²) in [5, 5.41) is 4.93. The second-order valence-electron chi connectivity index (χ2n) is 5.63. The van der Waals surface area contributed by atoms with E-state index in [9.17, 15) is 0 Å². The monoisotopic (exact) mass is 332 g/mol. The lowest BCUT2D eigenvalue weighted by atomic mass is 9.92. The van der Waals surface area contributed by atoms with Gasteiger partial charge in [-0.25, -0.2) is 0 Å². The van der Waals surface area contributed by atoms with Gasteiger partial charge in [0.25, 0.3) is 0 Å². The first-order valence-corrected chi connectivity index (χ1v) is 8.36. The molecule has 0 amide bonds. The van der Waals surface area contributed by atoms with E-state index in [1.807, 2.05) is 0 Å². The van der Waals surface area contributed by atoms with Gasteiger partial charge in [0.1, 0.15) is 0 Å². The molecule has 0 fully saturated rings. The van der Waals surface area contributed by atoms with Crippen molar-refractivity contribution >= 4 is 32.5 Å². The number of anilines is 1. The molecule has 0 spiro atoms. The molecule has 1 aromatic carbocycles. The summed E-state index contributed by atoms with van der Waals surface area (Å²) in [5.74, 6) is 0. The minimum absolute atomic E-state index is 1.02. The van der Waals surface area contributed by atoms with Crippen LogP contribution in [0, 0.1) is 6.92 Å². The molecule has 0 bridgehead atoms. The van der Waals surface area contributed by atoms with Gasteiger partial charge in [0.2, 0.25) is 0 Å². The van der Waals surface area contributed by atoms with Crippen LogP contribution in [0.4, 0.5) is 5.69 Å². The van der Waals surface area contributed by atoms with Gasteiger partial charge in [-0.2, -0.15) is 0 Å². The van der Waals surface area contributed by atoms with Crippen LogP contribution in [0.3, 0.4) is 0 Å². The van der Waals surface area contributed by atoms with Crippen molar-refractivity contribution in [3.05, 3.63) is 33.4 Å². The normalized spacial score (nSPS) is 14.3. The maximum atomic E-state index is 4.97. The summed E-state index contributed by atoms with van der Waals surface area (Å²) in [6, 6.07) is 4.30. The molecule has 2 aromatic rings. The first kappa shape index (κ1) is 13.9. The van der Waals surface area contributed by atoms with Gasteiger partial charge in [0.15, 0.2) is 0 Å². The lowest BCUT2D eigenvalue weighted by molar-refractivity contribution is 0.671. The molecule has 0 aliphatic heterocycles. The Labute approximate surface area is 129 Å². The number of nitrogens with one attached hydrogen (secondary N) is 1. The summed E-state index contributed by atoms with van der Waals surface area (Å²) in [5.41, 5.74) is 6.49. The SMILES string of the molecule is CCCNc1c2c(nc3c(C)ccc(Br)c13)CCCC2. The highest BCUT2D eigenvalue weighted by Gasteiger charge is 2.20. The number of hydrogen-bond donors (Lipinski definition) is 1. The van der Waals surface area contributed by atoms with E-state index in [1.54, 1.807) is 0 Å². The van der Waals surface area contributed by atoms with Crippen molar-refractivity contribution in [2.75, 3.05) is 11.9 Å². The average molecular weight is 333 g/mol. The molecule has 0 atom stereocenters. The Hall–Kier alpha value is -1.09. The zero-order valence-corrected chi connectivity index (χ0v) is 13.8. The summed E-state index contributed by atoms with van der Waals surface area (Å²) in [6.07, 6.45) is 5.97. The van der Waals surface area contributed by atoms with Crippen molar-refractivity contribution in [1.82, 2.24) is 4.98 Å². The Kier molecular flexibility index (Phi) is 3.97. The Morgan fingerprint density at radius 3 is 2.85 bits per heavy atom. The lowest BCUT2D eigenvalue weighted by Gasteiger charge is -2.22. The Morgan fingerprint density at radius 2 is 2.05 bits per heavy atom. The van der Waals surface area contributed by atoms with Crippen molar-refractivity contribution in [2.24, 2.45) is 0 Å². The molecule has 0 radical (unpaired) electrons. The topological polar surface area (TPSA) is 24.9 Å². The summed E-state index contributed by atoms with van der Waals surface area (Å²) >= 11 is 3.72. The van der Waals surface area contributed by atoms with Crippen molar-refractivity contribution in [1.29, 1.82) is 0 Å². The van der Waals surface area contributed by atoms with E-state index in [2.05, 4.69) is 47.2 Å². The van der Waals surface area contributed by atoms with Crippen LogP contribution in [0.5, 0.6) is 0 Å². The molecule has 3 rings (SSSR count). The summed E-state index contributed by atoms with van der Waals surface area (Å²) < 4.78 is 1.15. The molecule has 20 heavy (non-hydrogen) atoms. The van der Waals surface area contributed by atoms with E-state index in [1.165, 1.54) is 40.7 Å². The van der Waals surface area contributed by atoms with Crippen molar-refractivity contribution in [3.63, 3.8) is 0 Å². The maximum Gasteiger partial charge on any atom is 0.0766 e. The average Bonchev–Trinajstić information content (AvgIpc) is 2.48. The molecular formula is C17H21BrN2.